The third kappa shape index (κ3) is 3.44. The van der Waals surface area contributed by atoms with Crippen LogP contribution in [0.3, 0.4) is 0 Å². The van der Waals surface area contributed by atoms with Gasteiger partial charge in [0.1, 0.15) is 5.56 Å². The summed E-state index contributed by atoms with van der Waals surface area (Å²) in [4.78, 5) is 19.9. The Labute approximate surface area is 105 Å². The molecule has 1 aromatic carbocycles. The summed E-state index contributed by atoms with van der Waals surface area (Å²) in [6.07, 6.45) is 0.806. The lowest BCUT2D eigenvalue weighted by atomic mass is 10.1. The highest BCUT2D eigenvalue weighted by molar-refractivity contribution is 5.91. The van der Waals surface area contributed by atoms with Crippen molar-refractivity contribution in [3.05, 3.63) is 44.0 Å². The SMILES string of the molecule is N/C(=N/N=C/c1c([N+](=O)[O-])cccc1[N+](=O)[O-])NO. The molecule has 0 unspecified atom stereocenters. The van der Waals surface area contributed by atoms with E-state index in [2.05, 4.69) is 10.2 Å². The van der Waals surface area contributed by atoms with Crippen molar-refractivity contribution >= 4 is 23.5 Å². The fourth-order valence-corrected chi connectivity index (χ4v) is 1.16. The van der Waals surface area contributed by atoms with Gasteiger partial charge in [-0.3, -0.25) is 25.4 Å². The second-order valence-electron chi connectivity index (χ2n) is 3.07. The number of guanidine groups is 1. The first-order valence-electron chi connectivity index (χ1n) is 4.65. The van der Waals surface area contributed by atoms with Crippen LogP contribution < -0.4 is 11.2 Å². The van der Waals surface area contributed by atoms with Gasteiger partial charge in [-0.1, -0.05) is 0 Å². The monoisotopic (exact) mass is 268 g/mol. The Bertz CT molecular complexity index is 536. The first-order chi connectivity index (χ1) is 8.97. The van der Waals surface area contributed by atoms with Gasteiger partial charge in [0.25, 0.3) is 11.4 Å². The van der Waals surface area contributed by atoms with E-state index in [1.54, 1.807) is 0 Å². The first kappa shape index (κ1) is 14.0. The van der Waals surface area contributed by atoms with Crippen molar-refractivity contribution in [2.24, 2.45) is 15.9 Å². The van der Waals surface area contributed by atoms with Crippen molar-refractivity contribution in [1.82, 2.24) is 5.48 Å². The molecule has 0 fully saturated rings. The molecular formula is C8H8N6O5. The van der Waals surface area contributed by atoms with Crippen molar-refractivity contribution < 1.29 is 15.1 Å². The number of hydrogen-bond acceptors (Lipinski definition) is 7. The van der Waals surface area contributed by atoms with Crippen LogP contribution in [0.25, 0.3) is 0 Å². The molecule has 0 saturated carbocycles. The lowest BCUT2D eigenvalue weighted by Crippen LogP contribution is -2.27. The van der Waals surface area contributed by atoms with Crippen LogP contribution >= 0.6 is 0 Å². The highest BCUT2D eigenvalue weighted by Crippen LogP contribution is 2.26. The summed E-state index contributed by atoms with van der Waals surface area (Å²) in [7, 11) is 0. The van der Waals surface area contributed by atoms with E-state index in [0.717, 1.165) is 18.3 Å². The van der Waals surface area contributed by atoms with Crippen LogP contribution in [0.1, 0.15) is 5.56 Å². The molecule has 0 aliphatic carbocycles. The Hall–Kier alpha value is -3.08. The van der Waals surface area contributed by atoms with Gasteiger partial charge in [-0.25, -0.2) is 5.48 Å². The van der Waals surface area contributed by atoms with E-state index in [9.17, 15) is 20.2 Å². The summed E-state index contributed by atoms with van der Waals surface area (Å²) in [5, 5.41) is 36.3. The Morgan fingerprint density at radius 2 is 1.84 bits per heavy atom. The lowest BCUT2D eigenvalue weighted by molar-refractivity contribution is -0.394. The molecule has 0 amide bonds. The maximum absolute atomic E-state index is 10.8. The van der Waals surface area contributed by atoms with Gasteiger partial charge in [0.05, 0.1) is 16.1 Å². The molecule has 1 aromatic rings. The van der Waals surface area contributed by atoms with Gasteiger partial charge in [-0.2, -0.15) is 5.10 Å². The average Bonchev–Trinajstić information content (AvgIpc) is 2.37. The molecule has 0 aliphatic heterocycles. The second-order valence-corrected chi connectivity index (χ2v) is 3.07. The molecule has 0 heterocycles. The second kappa shape index (κ2) is 6.02. The van der Waals surface area contributed by atoms with Crippen molar-refractivity contribution in [3.8, 4) is 0 Å². The summed E-state index contributed by atoms with van der Waals surface area (Å²) in [5.41, 5.74) is 5.19. The summed E-state index contributed by atoms with van der Waals surface area (Å²) in [6.45, 7) is 0. The molecule has 0 bridgehead atoms. The van der Waals surface area contributed by atoms with Gasteiger partial charge in [0, 0.05) is 12.1 Å². The number of nitrogens with two attached hydrogens (primary N) is 1. The van der Waals surface area contributed by atoms with E-state index < -0.39 is 27.2 Å². The smallest absolute Gasteiger partial charge is 0.285 e. The van der Waals surface area contributed by atoms with Crippen LogP contribution in [0.2, 0.25) is 0 Å². The highest BCUT2D eigenvalue weighted by Gasteiger charge is 2.22. The maximum Gasteiger partial charge on any atom is 0.285 e. The zero-order valence-corrected chi connectivity index (χ0v) is 9.26. The first-order valence-corrected chi connectivity index (χ1v) is 4.65. The van der Waals surface area contributed by atoms with E-state index in [1.807, 2.05) is 0 Å². The summed E-state index contributed by atoms with van der Waals surface area (Å²) >= 11 is 0. The van der Waals surface area contributed by atoms with E-state index in [1.165, 1.54) is 11.5 Å². The number of rotatable bonds is 4. The van der Waals surface area contributed by atoms with Crippen LogP contribution in [0.5, 0.6) is 0 Å². The summed E-state index contributed by atoms with van der Waals surface area (Å²) < 4.78 is 0. The Morgan fingerprint density at radius 3 is 2.26 bits per heavy atom. The molecule has 0 aliphatic rings. The Kier molecular flexibility index (Phi) is 4.43. The zero-order chi connectivity index (χ0) is 14.4. The predicted octanol–water partition coefficient (Wildman–Crippen LogP) is 0.130. The quantitative estimate of drug-likeness (QED) is 0.301. The standard InChI is InChI=1S/C8H8N6O5/c9-8(12-15)11-10-4-5-6(13(16)17)2-1-3-7(5)14(18)19/h1-4,15H,(H3,9,11,12)/b10-4+. The van der Waals surface area contributed by atoms with Crippen molar-refractivity contribution in [2.45, 2.75) is 0 Å². The molecule has 11 heteroatoms. The Morgan fingerprint density at radius 1 is 1.32 bits per heavy atom. The van der Waals surface area contributed by atoms with E-state index in [0.29, 0.717) is 0 Å². The number of hydroxylamine groups is 1. The minimum atomic E-state index is -0.786. The van der Waals surface area contributed by atoms with E-state index in [4.69, 9.17) is 10.9 Å². The largest absolute Gasteiger partial charge is 0.367 e. The molecule has 100 valence electrons. The third-order valence-electron chi connectivity index (χ3n) is 1.92. The number of nitro benzene ring substituents is 2. The fourth-order valence-electron chi connectivity index (χ4n) is 1.16. The number of nitrogens with zero attached hydrogens (tertiary/aromatic N) is 4. The van der Waals surface area contributed by atoms with Crippen LogP contribution in [-0.2, 0) is 0 Å². The molecule has 4 N–H and O–H groups in total. The van der Waals surface area contributed by atoms with E-state index >= 15 is 0 Å². The molecule has 19 heavy (non-hydrogen) atoms. The number of nitro groups is 2. The van der Waals surface area contributed by atoms with Gasteiger partial charge >= 0.3 is 0 Å². The summed E-state index contributed by atoms with van der Waals surface area (Å²) in [6, 6.07) is 3.36. The number of nitrogens with one attached hydrogen (secondary N) is 1. The van der Waals surface area contributed by atoms with Crippen LogP contribution in [-0.4, -0.2) is 27.2 Å². The van der Waals surface area contributed by atoms with Crippen LogP contribution in [0.15, 0.2) is 28.4 Å². The summed E-state index contributed by atoms with van der Waals surface area (Å²) in [5.74, 6) is -0.475. The lowest BCUT2D eigenvalue weighted by Gasteiger charge is -1.98. The Balaban J connectivity index is 3.30. The average molecular weight is 268 g/mol. The minimum Gasteiger partial charge on any atom is -0.367 e. The number of benzene rings is 1. The van der Waals surface area contributed by atoms with Gasteiger partial charge in [0.2, 0.25) is 5.96 Å². The van der Waals surface area contributed by atoms with Crippen LogP contribution in [0, 0.1) is 20.2 Å². The maximum atomic E-state index is 10.8. The fraction of sp³-hybridized carbons (Fsp3) is 0. The molecule has 0 aromatic heterocycles. The topological polar surface area (TPSA) is 169 Å². The highest BCUT2D eigenvalue weighted by atomic mass is 16.6. The molecule has 1 rings (SSSR count). The van der Waals surface area contributed by atoms with Crippen molar-refractivity contribution in [3.63, 3.8) is 0 Å². The molecule has 0 atom stereocenters. The molecule has 0 radical (unpaired) electrons. The minimum absolute atomic E-state index is 0.327. The zero-order valence-electron chi connectivity index (χ0n) is 9.26. The van der Waals surface area contributed by atoms with Gasteiger partial charge in [-0.05, 0) is 6.07 Å². The molecular weight excluding hydrogens is 260 g/mol. The van der Waals surface area contributed by atoms with Crippen molar-refractivity contribution in [1.29, 1.82) is 0 Å². The number of hydrogen-bond donors (Lipinski definition) is 3. The van der Waals surface area contributed by atoms with Gasteiger partial charge in [-0.15, -0.1) is 5.10 Å². The van der Waals surface area contributed by atoms with Crippen molar-refractivity contribution in [2.75, 3.05) is 0 Å². The van der Waals surface area contributed by atoms with E-state index in [-0.39, 0.29) is 5.56 Å². The molecule has 0 saturated heterocycles. The van der Waals surface area contributed by atoms with Gasteiger partial charge in [0.15, 0.2) is 0 Å². The van der Waals surface area contributed by atoms with Crippen LogP contribution in [0.4, 0.5) is 11.4 Å². The normalized spacial score (nSPS) is 11.5. The predicted molar refractivity (Wildman–Crippen MR) is 63.9 cm³/mol. The third-order valence-corrected chi connectivity index (χ3v) is 1.92. The van der Waals surface area contributed by atoms with Gasteiger partial charge < -0.3 is 5.73 Å². The molecule has 0 spiro atoms. The molecule has 11 nitrogen and oxygen atoms in total.